The maximum Gasteiger partial charge on any atom is 0.255 e. The minimum absolute atomic E-state index is 0.0932. The molecule has 0 spiro atoms. The van der Waals surface area contributed by atoms with Crippen molar-refractivity contribution in [1.82, 2.24) is 4.90 Å². The van der Waals surface area contributed by atoms with Crippen LogP contribution in [0.5, 0.6) is 0 Å². The SMILES string of the molecule is Cc1cccc(C(=O)N(C)CCCl)c1Cl. The van der Waals surface area contributed by atoms with Crippen molar-refractivity contribution in [2.24, 2.45) is 0 Å². The van der Waals surface area contributed by atoms with E-state index in [2.05, 4.69) is 0 Å². The minimum Gasteiger partial charge on any atom is -0.340 e. The maximum atomic E-state index is 11.9. The summed E-state index contributed by atoms with van der Waals surface area (Å²) in [4.78, 5) is 13.5. The summed E-state index contributed by atoms with van der Waals surface area (Å²) in [6.07, 6.45) is 0. The van der Waals surface area contributed by atoms with Crippen LogP contribution < -0.4 is 0 Å². The summed E-state index contributed by atoms with van der Waals surface area (Å²) in [5, 5.41) is 0.518. The van der Waals surface area contributed by atoms with Gasteiger partial charge in [0.15, 0.2) is 0 Å². The van der Waals surface area contributed by atoms with Crippen molar-refractivity contribution in [3.63, 3.8) is 0 Å². The van der Waals surface area contributed by atoms with Crippen LogP contribution in [0.15, 0.2) is 18.2 Å². The van der Waals surface area contributed by atoms with Crippen LogP contribution in [-0.2, 0) is 0 Å². The van der Waals surface area contributed by atoms with Gasteiger partial charge in [-0.25, -0.2) is 0 Å². The summed E-state index contributed by atoms with van der Waals surface area (Å²) >= 11 is 11.6. The van der Waals surface area contributed by atoms with Crippen LogP contribution in [0, 0.1) is 6.92 Å². The molecule has 4 heteroatoms. The molecule has 0 fully saturated rings. The molecule has 0 N–H and O–H groups in total. The molecule has 1 amide bonds. The van der Waals surface area contributed by atoms with Crippen LogP contribution in [0.1, 0.15) is 15.9 Å². The summed E-state index contributed by atoms with van der Waals surface area (Å²) in [6, 6.07) is 5.42. The first-order valence-electron chi connectivity index (χ1n) is 4.64. The predicted molar refractivity (Wildman–Crippen MR) is 63.9 cm³/mol. The Morgan fingerprint density at radius 2 is 2.13 bits per heavy atom. The second-order valence-electron chi connectivity index (χ2n) is 3.35. The number of amides is 1. The molecular formula is C11H13Cl2NO. The molecule has 1 aromatic carbocycles. The highest BCUT2D eigenvalue weighted by Gasteiger charge is 2.15. The van der Waals surface area contributed by atoms with E-state index >= 15 is 0 Å². The van der Waals surface area contributed by atoms with E-state index in [0.29, 0.717) is 23.0 Å². The van der Waals surface area contributed by atoms with E-state index in [4.69, 9.17) is 23.2 Å². The van der Waals surface area contributed by atoms with E-state index in [1.54, 1.807) is 18.0 Å². The van der Waals surface area contributed by atoms with Crippen molar-refractivity contribution in [2.45, 2.75) is 6.92 Å². The quantitative estimate of drug-likeness (QED) is 0.751. The molecule has 1 aromatic rings. The first-order valence-corrected chi connectivity index (χ1v) is 5.55. The standard InChI is InChI=1S/C11H13Cl2NO/c1-8-4-3-5-9(10(8)13)11(15)14(2)7-6-12/h3-5H,6-7H2,1-2H3. The number of carbonyl (C=O) groups excluding carboxylic acids is 1. The van der Waals surface area contributed by atoms with Crippen LogP contribution >= 0.6 is 23.2 Å². The number of carbonyl (C=O) groups is 1. The normalized spacial score (nSPS) is 10.1. The highest BCUT2D eigenvalue weighted by atomic mass is 35.5. The smallest absolute Gasteiger partial charge is 0.255 e. The van der Waals surface area contributed by atoms with E-state index < -0.39 is 0 Å². The first-order chi connectivity index (χ1) is 7.07. The van der Waals surface area contributed by atoms with Crippen LogP contribution in [0.25, 0.3) is 0 Å². The molecule has 0 aliphatic rings. The zero-order valence-corrected chi connectivity index (χ0v) is 10.3. The summed E-state index contributed by atoms with van der Waals surface area (Å²) in [5.41, 5.74) is 1.44. The van der Waals surface area contributed by atoms with E-state index in [0.717, 1.165) is 5.56 Å². The second kappa shape index (κ2) is 5.38. The molecule has 0 aliphatic heterocycles. The number of rotatable bonds is 3. The fourth-order valence-corrected chi connectivity index (χ4v) is 1.71. The van der Waals surface area contributed by atoms with Crippen LogP contribution in [0.4, 0.5) is 0 Å². The van der Waals surface area contributed by atoms with Crippen molar-refractivity contribution in [3.05, 3.63) is 34.3 Å². The lowest BCUT2D eigenvalue weighted by molar-refractivity contribution is 0.0803. The largest absolute Gasteiger partial charge is 0.340 e. The molecule has 2 nitrogen and oxygen atoms in total. The summed E-state index contributed by atoms with van der Waals surface area (Å²) < 4.78 is 0. The van der Waals surface area contributed by atoms with Crippen LogP contribution in [-0.4, -0.2) is 30.3 Å². The first kappa shape index (κ1) is 12.3. The van der Waals surface area contributed by atoms with Gasteiger partial charge in [0, 0.05) is 19.5 Å². The summed E-state index contributed by atoms with van der Waals surface area (Å²) in [7, 11) is 1.71. The van der Waals surface area contributed by atoms with Gasteiger partial charge in [-0.15, -0.1) is 11.6 Å². The van der Waals surface area contributed by atoms with Gasteiger partial charge in [-0.3, -0.25) is 4.79 Å². The van der Waals surface area contributed by atoms with E-state index in [9.17, 15) is 4.79 Å². The molecule has 0 saturated heterocycles. The average molecular weight is 246 g/mol. The molecular weight excluding hydrogens is 233 g/mol. The number of hydrogen-bond acceptors (Lipinski definition) is 1. The van der Waals surface area contributed by atoms with Crippen molar-refractivity contribution < 1.29 is 4.79 Å². The van der Waals surface area contributed by atoms with Gasteiger partial charge in [-0.2, -0.15) is 0 Å². The van der Waals surface area contributed by atoms with Gasteiger partial charge in [0.05, 0.1) is 10.6 Å². The molecule has 0 aliphatic carbocycles. The zero-order valence-electron chi connectivity index (χ0n) is 8.76. The molecule has 0 unspecified atom stereocenters. The van der Waals surface area contributed by atoms with Gasteiger partial charge in [0.25, 0.3) is 5.91 Å². The fourth-order valence-electron chi connectivity index (χ4n) is 1.25. The summed E-state index contributed by atoms with van der Waals surface area (Å²) in [6.45, 7) is 2.39. The average Bonchev–Trinajstić information content (AvgIpc) is 2.21. The Labute approximate surface area is 99.8 Å². The molecule has 0 heterocycles. The summed E-state index contributed by atoms with van der Waals surface area (Å²) in [5.74, 6) is 0.329. The van der Waals surface area contributed by atoms with Crippen LogP contribution in [0.3, 0.4) is 0 Å². The van der Waals surface area contributed by atoms with Gasteiger partial charge in [0.2, 0.25) is 0 Å². The number of hydrogen-bond donors (Lipinski definition) is 0. The van der Waals surface area contributed by atoms with E-state index in [1.807, 2.05) is 19.1 Å². The Hall–Kier alpha value is -0.730. The Balaban J connectivity index is 2.96. The van der Waals surface area contributed by atoms with Gasteiger partial charge in [-0.05, 0) is 18.6 Å². The lowest BCUT2D eigenvalue weighted by Gasteiger charge is -2.16. The molecule has 0 saturated carbocycles. The van der Waals surface area contributed by atoms with Gasteiger partial charge >= 0.3 is 0 Å². The Bertz CT molecular complexity index is 366. The van der Waals surface area contributed by atoms with E-state index in [1.165, 1.54) is 0 Å². The molecule has 15 heavy (non-hydrogen) atoms. The number of nitrogens with zero attached hydrogens (tertiary/aromatic N) is 1. The lowest BCUT2D eigenvalue weighted by atomic mass is 10.1. The van der Waals surface area contributed by atoms with Crippen molar-refractivity contribution in [3.8, 4) is 0 Å². The third kappa shape index (κ3) is 2.86. The van der Waals surface area contributed by atoms with E-state index in [-0.39, 0.29) is 5.91 Å². The number of halogens is 2. The molecule has 1 rings (SSSR count). The van der Waals surface area contributed by atoms with Crippen molar-refractivity contribution >= 4 is 29.1 Å². The molecule has 0 atom stereocenters. The van der Waals surface area contributed by atoms with Gasteiger partial charge in [-0.1, -0.05) is 23.7 Å². The highest BCUT2D eigenvalue weighted by molar-refractivity contribution is 6.34. The van der Waals surface area contributed by atoms with Gasteiger partial charge < -0.3 is 4.90 Å². The fraction of sp³-hybridized carbons (Fsp3) is 0.364. The Kier molecular flexibility index (Phi) is 4.43. The lowest BCUT2D eigenvalue weighted by Crippen LogP contribution is -2.28. The third-order valence-corrected chi connectivity index (χ3v) is 2.86. The maximum absolute atomic E-state index is 11.9. The molecule has 0 bridgehead atoms. The van der Waals surface area contributed by atoms with Crippen molar-refractivity contribution in [1.29, 1.82) is 0 Å². The van der Waals surface area contributed by atoms with Crippen LogP contribution in [0.2, 0.25) is 5.02 Å². The Morgan fingerprint density at radius 1 is 1.47 bits per heavy atom. The number of alkyl halides is 1. The highest BCUT2D eigenvalue weighted by Crippen LogP contribution is 2.21. The second-order valence-corrected chi connectivity index (χ2v) is 4.11. The Morgan fingerprint density at radius 3 is 2.73 bits per heavy atom. The number of aryl methyl sites for hydroxylation is 1. The molecule has 0 aromatic heterocycles. The number of benzene rings is 1. The van der Waals surface area contributed by atoms with Crippen molar-refractivity contribution in [2.75, 3.05) is 19.5 Å². The monoisotopic (exact) mass is 245 g/mol. The molecule has 0 radical (unpaired) electrons. The molecule has 82 valence electrons. The third-order valence-electron chi connectivity index (χ3n) is 2.19. The van der Waals surface area contributed by atoms with Gasteiger partial charge in [0.1, 0.15) is 0 Å². The topological polar surface area (TPSA) is 20.3 Å². The minimum atomic E-state index is -0.0932. The zero-order chi connectivity index (χ0) is 11.4. The predicted octanol–water partition coefficient (Wildman–Crippen LogP) is 2.96.